The topological polar surface area (TPSA) is 51.5 Å². The molecule has 0 fully saturated rings. The minimum atomic E-state index is -4.66. The van der Waals surface area contributed by atoms with E-state index in [4.69, 9.17) is 0 Å². The molecule has 1 N–H and O–H groups in total. The van der Waals surface area contributed by atoms with Crippen LogP contribution in [0.15, 0.2) is 66.9 Å². The Labute approximate surface area is 166 Å². The zero-order valence-corrected chi connectivity index (χ0v) is 15.1. The van der Waals surface area contributed by atoms with Crippen molar-refractivity contribution in [2.24, 2.45) is 0 Å². The standard InChI is InChI=1S/C20H13F5N4O/c21-19(22)30-13-9-7-12(8-10-13)26-15-5-3-4-14(27-15)17-18(20(23,24)25)28-16-6-1-2-11-29(16)17/h1-11,19H,(H,26,27). The summed E-state index contributed by atoms with van der Waals surface area (Å²) in [6.07, 6.45) is -3.18. The van der Waals surface area contributed by atoms with Gasteiger partial charge in [0.2, 0.25) is 0 Å². The number of ether oxygens (including phenoxy) is 1. The van der Waals surface area contributed by atoms with Crippen LogP contribution in [0.5, 0.6) is 5.75 Å². The zero-order chi connectivity index (χ0) is 21.3. The van der Waals surface area contributed by atoms with E-state index in [0.717, 1.165) is 0 Å². The molecule has 0 saturated heterocycles. The maximum atomic E-state index is 13.6. The summed E-state index contributed by atoms with van der Waals surface area (Å²) in [4.78, 5) is 7.99. The monoisotopic (exact) mass is 420 g/mol. The number of alkyl halides is 5. The van der Waals surface area contributed by atoms with Gasteiger partial charge in [0.25, 0.3) is 0 Å². The third-order valence-corrected chi connectivity index (χ3v) is 4.14. The van der Waals surface area contributed by atoms with E-state index in [-0.39, 0.29) is 28.6 Å². The molecule has 0 bridgehead atoms. The van der Waals surface area contributed by atoms with Gasteiger partial charge < -0.3 is 10.1 Å². The van der Waals surface area contributed by atoms with Crippen LogP contribution in [0.1, 0.15) is 5.69 Å². The molecule has 4 rings (SSSR count). The number of hydrogen-bond acceptors (Lipinski definition) is 4. The number of rotatable bonds is 5. The van der Waals surface area contributed by atoms with E-state index in [2.05, 4.69) is 20.0 Å². The van der Waals surface area contributed by atoms with E-state index in [1.165, 1.54) is 47.0 Å². The van der Waals surface area contributed by atoms with E-state index < -0.39 is 18.5 Å². The second kappa shape index (κ2) is 7.62. The summed E-state index contributed by atoms with van der Waals surface area (Å²) in [5, 5.41) is 2.93. The maximum Gasteiger partial charge on any atom is 0.435 e. The largest absolute Gasteiger partial charge is 0.435 e. The van der Waals surface area contributed by atoms with Gasteiger partial charge in [0.1, 0.15) is 22.9 Å². The highest BCUT2D eigenvalue weighted by Gasteiger charge is 2.38. The van der Waals surface area contributed by atoms with Crippen molar-refractivity contribution < 1.29 is 26.7 Å². The molecule has 3 aromatic heterocycles. The zero-order valence-electron chi connectivity index (χ0n) is 15.1. The van der Waals surface area contributed by atoms with Crippen LogP contribution in [-0.2, 0) is 6.18 Å². The first-order valence-electron chi connectivity index (χ1n) is 8.65. The number of anilines is 2. The minimum absolute atomic E-state index is 0.0159. The van der Waals surface area contributed by atoms with Crippen molar-refractivity contribution in [3.63, 3.8) is 0 Å². The van der Waals surface area contributed by atoms with Gasteiger partial charge in [-0.05, 0) is 48.5 Å². The average molecular weight is 420 g/mol. The summed E-state index contributed by atoms with van der Waals surface area (Å²) in [5.74, 6) is 0.256. The molecule has 0 aliphatic rings. The van der Waals surface area contributed by atoms with Crippen molar-refractivity contribution in [3.05, 3.63) is 72.6 Å². The molecule has 0 spiro atoms. The van der Waals surface area contributed by atoms with Gasteiger partial charge >= 0.3 is 12.8 Å². The minimum Gasteiger partial charge on any atom is -0.435 e. The van der Waals surface area contributed by atoms with Crippen LogP contribution >= 0.6 is 0 Å². The number of pyridine rings is 2. The van der Waals surface area contributed by atoms with Gasteiger partial charge in [0.05, 0.1) is 5.69 Å². The Morgan fingerprint density at radius 3 is 2.37 bits per heavy atom. The third kappa shape index (κ3) is 4.02. The quantitative estimate of drug-likeness (QED) is 0.417. The van der Waals surface area contributed by atoms with Crippen molar-refractivity contribution in [2.75, 3.05) is 5.32 Å². The van der Waals surface area contributed by atoms with Crippen molar-refractivity contribution in [2.45, 2.75) is 12.8 Å². The first-order chi connectivity index (χ1) is 14.3. The van der Waals surface area contributed by atoms with E-state index in [1.54, 1.807) is 24.3 Å². The Morgan fingerprint density at radius 2 is 1.67 bits per heavy atom. The highest BCUT2D eigenvalue weighted by atomic mass is 19.4. The smallest absolute Gasteiger partial charge is 0.435 e. The highest BCUT2D eigenvalue weighted by Crippen LogP contribution is 2.37. The third-order valence-electron chi connectivity index (χ3n) is 4.14. The fraction of sp³-hybridized carbons (Fsp3) is 0.100. The van der Waals surface area contributed by atoms with Crippen LogP contribution in [0.25, 0.3) is 17.0 Å². The van der Waals surface area contributed by atoms with Crippen molar-refractivity contribution in [1.82, 2.24) is 14.4 Å². The molecular formula is C20H13F5N4O. The number of benzene rings is 1. The molecule has 30 heavy (non-hydrogen) atoms. The molecule has 0 aliphatic carbocycles. The maximum absolute atomic E-state index is 13.6. The van der Waals surface area contributed by atoms with Crippen LogP contribution in [0.2, 0.25) is 0 Å². The summed E-state index contributed by atoms with van der Waals surface area (Å²) in [6, 6.07) is 14.9. The second-order valence-electron chi connectivity index (χ2n) is 6.17. The lowest BCUT2D eigenvalue weighted by Gasteiger charge is -2.11. The molecule has 0 aliphatic heterocycles. The molecule has 0 unspecified atom stereocenters. The van der Waals surface area contributed by atoms with E-state index in [1.807, 2.05) is 0 Å². The van der Waals surface area contributed by atoms with Gasteiger partial charge in [0, 0.05) is 11.9 Å². The fourth-order valence-corrected chi connectivity index (χ4v) is 2.94. The molecule has 1 aromatic carbocycles. The lowest BCUT2D eigenvalue weighted by atomic mass is 10.2. The molecular weight excluding hydrogens is 407 g/mol. The Balaban J connectivity index is 1.69. The van der Waals surface area contributed by atoms with Gasteiger partial charge in [-0.3, -0.25) is 4.40 Å². The van der Waals surface area contributed by atoms with Crippen LogP contribution < -0.4 is 10.1 Å². The Bertz CT molecular complexity index is 1170. The van der Waals surface area contributed by atoms with Crippen molar-refractivity contribution >= 4 is 17.2 Å². The Hall–Kier alpha value is -3.69. The summed E-state index contributed by atoms with van der Waals surface area (Å²) in [7, 11) is 0. The predicted molar refractivity (Wildman–Crippen MR) is 99.8 cm³/mol. The Morgan fingerprint density at radius 1 is 0.900 bits per heavy atom. The average Bonchev–Trinajstić information content (AvgIpc) is 3.10. The van der Waals surface area contributed by atoms with Crippen molar-refractivity contribution in [1.29, 1.82) is 0 Å². The van der Waals surface area contributed by atoms with Gasteiger partial charge in [-0.2, -0.15) is 22.0 Å². The molecule has 0 amide bonds. The molecule has 0 radical (unpaired) electrons. The van der Waals surface area contributed by atoms with Crippen LogP contribution in [0.3, 0.4) is 0 Å². The second-order valence-corrected chi connectivity index (χ2v) is 6.17. The van der Waals surface area contributed by atoms with E-state index in [9.17, 15) is 22.0 Å². The highest BCUT2D eigenvalue weighted by molar-refractivity contribution is 5.67. The van der Waals surface area contributed by atoms with Crippen LogP contribution in [0, 0.1) is 0 Å². The van der Waals surface area contributed by atoms with Gasteiger partial charge in [-0.25, -0.2) is 9.97 Å². The molecule has 5 nitrogen and oxygen atoms in total. The SMILES string of the molecule is FC(F)Oc1ccc(Nc2cccc(-c3c(C(F)(F)F)nc4ccccn34)n2)cc1. The number of halogens is 5. The number of fused-ring (bicyclic) bond motifs is 1. The van der Waals surface area contributed by atoms with Crippen molar-refractivity contribution in [3.8, 4) is 17.1 Å². The fourth-order valence-electron chi connectivity index (χ4n) is 2.94. The van der Waals surface area contributed by atoms with Crippen LogP contribution in [0.4, 0.5) is 33.5 Å². The number of imidazole rings is 1. The first-order valence-corrected chi connectivity index (χ1v) is 8.65. The summed E-state index contributed by atoms with van der Waals surface area (Å²) in [6.45, 7) is -2.93. The van der Waals surface area contributed by atoms with E-state index >= 15 is 0 Å². The lowest BCUT2D eigenvalue weighted by molar-refractivity contribution is -0.140. The van der Waals surface area contributed by atoms with Gasteiger partial charge in [-0.1, -0.05) is 12.1 Å². The number of aromatic nitrogens is 3. The molecule has 0 atom stereocenters. The molecule has 10 heteroatoms. The summed E-state index contributed by atoms with van der Waals surface area (Å²) in [5.41, 5.74) is -0.497. The van der Waals surface area contributed by atoms with Gasteiger partial charge in [0.15, 0.2) is 5.69 Å². The number of hydrogen-bond donors (Lipinski definition) is 1. The number of nitrogens with zero attached hydrogens (tertiary/aromatic N) is 3. The lowest BCUT2D eigenvalue weighted by Crippen LogP contribution is -2.08. The molecule has 0 saturated carbocycles. The van der Waals surface area contributed by atoms with E-state index in [0.29, 0.717) is 5.69 Å². The molecule has 4 aromatic rings. The predicted octanol–water partition coefficient (Wildman–Crippen LogP) is 5.76. The summed E-state index contributed by atoms with van der Waals surface area (Å²) >= 11 is 0. The molecule has 3 heterocycles. The normalized spacial score (nSPS) is 11.8. The Kier molecular flexibility index (Phi) is 4.98. The molecule has 154 valence electrons. The summed E-state index contributed by atoms with van der Waals surface area (Å²) < 4.78 is 70.8. The van der Waals surface area contributed by atoms with Crippen LogP contribution in [-0.4, -0.2) is 21.0 Å². The number of nitrogens with one attached hydrogen (secondary N) is 1. The first kappa shape index (κ1) is 19.6. The van der Waals surface area contributed by atoms with Gasteiger partial charge in [-0.15, -0.1) is 0 Å².